The quantitative estimate of drug-likeness (QED) is 0.550. The summed E-state index contributed by atoms with van der Waals surface area (Å²) in [7, 11) is 0. The molecule has 0 saturated heterocycles. The van der Waals surface area contributed by atoms with E-state index in [4.69, 9.17) is 16.7 Å². The Morgan fingerprint density at radius 2 is 1.86 bits per heavy atom. The van der Waals surface area contributed by atoms with E-state index in [1.165, 1.54) is 19.8 Å². The van der Waals surface area contributed by atoms with Gasteiger partial charge in [-0.2, -0.15) is 5.10 Å². The largest absolute Gasteiger partial charge is 0.350 e. The summed E-state index contributed by atoms with van der Waals surface area (Å²) in [6.45, 7) is 3.52. The Labute approximate surface area is 174 Å². The van der Waals surface area contributed by atoms with Crippen LogP contribution in [0.3, 0.4) is 0 Å². The second-order valence-corrected chi connectivity index (χ2v) is 8.71. The van der Waals surface area contributed by atoms with Gasteiger partial charge in [0.15, 0.2) is 0 Å². The molecule has 0 radical (unpaired) electrons. The van der Waals surface area contributed by atoms with Crippen molar-refractivity contribution >= 4 is 29.3 Å². The lowest BCUT2D eigenvalue weighted by Crippen LogP contribution is -2.23. The molecule has 4 rings (SSSR count). The van der Waals surface area contributed by atoms with E-state index < -0.39 is 0 Å². The number of nitrogens with zero attached hydrogens (tertiary/aromatic N) is 2. The number of aromatic nitrogens is 2. The average molecular weight is 412 g/mol. The highest BCUT2D eigenvalue weighted by Crippen LogP contribution is 2.40. The highest BCUT2D eigenvalue weighted by Gasteiger charge is 2.26. The molecule has 1 aliphatic rings. The summed E-state index contributed by atoms with van der Waals surface area (Å²) < 4.78 is 2.10. The van der Waals surface area contributed by atoms with Crippen LogP contribution in [0.25, 0.3) is 11.3 Å². The van der Waals surface area contributed by atoms with Crippen molar-refractivity contribution in [3.05, 3.63) is 65.3 Å². The standard InChI is InChI=1S/C22H22ClN3OS/c1-14(24-15(2)27)16-3-5-17(6-4-16)22-21(13-26(25-22)19-9-10-19)28-20-11-7-18(23)8-12-20/h3-8,11-14,19H,9-10H2,1-2H3,(H,24,27)/t14-/m1/s1. The van der Waals surface area contributed by atoms with Gasteiger partial charge in [-0.15, -0.1) is 0 Å². The minimum Gasteiger partial charge on any atom is -0.350 e. The number of halogens is 1. The zero-order valence-electron chi connectivity index (χ0n) is 15.9. The van der Waals surface area contributed by atoms with Crippen LogP contribution in [0, 0.1) is 0 Å². The Morgan fingerprint density at radius 1 is 1.18 bits per heavy atom. The number of hydrogen-bond acceptors (Lipinski definition) is 3. The van der Waals surface area contributed by atoms with E-state index in [2.05, 4.69) is 40.5 Å². The maximum Gasteiger partial charge on any atom is 0.217 e. The van der Waals surface area contributed by atoms with Gasteiger partial charge in [0, 0.05) is 28.6 Å². The fourth-order valence-electron chi connectivity index (χ4n) is 3.12. The van der Waals surface area contributed by atoms with Crippen molar-refractivity contribution in [2.45, 2.75) is 48.6 Å². The number of nitrogens with one attached hydrogen (secondary N) is 1. The first-order chi connectivity index (χ1) is 13.5. The zero-order chi connectivity index (χ0) is 19.7. The second-order valence-electron chi connectivity index (χ2n) is 7.15. The number of carbonyl (C=O) groups is 1. The molecule has 1 aliphatic carbocycles. The van der Waals surface area contributed by atoms with Crippen molar-refractivity contribution in [1.29, 1.82) is 0 Å². The average Bonchev–Trinajstić information content (AvgIpc) is 3.44. The van der Waals surface area contributed by atoms with Crippen LogP contribution in [0.4, 0.5) is 0 Å². The van der Waals surface area contributed by atoms with Crippen LogP contribution in [-0.2, 0) is 4.79 Å². The van der Waals surface area contributed by atoms with Crippen molar-refractivity contribution in [2.24, 2.45) is 0 Å². The summed E-state index contributed by atoms with van der Waals surface area (Å²) >= 11 is 7.72. The van der Waals surface area contributed by atoms with Crippen molar-refractivity contribution < 1.29 is 4.79 Å². The van der Waals surface area contributed by atoms with Gasteiger partial charge in [0.2, 0.25) is 5.91 Å². The summed E-state index contributed by atoms with van der Waals surface area (Å²) in [4.78, 5) is 13.6. The Morgan fingerprint density at radius 3 is 2.46 bits per heavy atom. The SMILES string of the molecule is CC(=O)N[C@H](C)c1ccc(-c2nn(C3CC3)cc2Sc2ccc(Cl)cc2)cc1. The van der Waals surface area contributed by atoms with Gasteiger partial charge >= 0.3 is 0 Å². The van der Waals surface area contributed by atoms with Gasteiger partial charge in [0.1, 0.15) is 5.69 Å². The first-order valence-electron chi connectivity index (χ1n) is 9.39. The third-order valence-corrected chi connectivity index (χ3v) is 6.04. The van der Waals surface area contributed by atoms with Gasteiger partial charge in [-0.3, -0.25) is 9.48 Å². The molecule has 0 unspecified atom stereocenters. The molecule has 1 heterocycles. The molecular formula is C22H22ClN3OS. The molecule has 1 saturated carbocycles. The maximum absolute atomic E-state index is 11.3. The Bertz CT molecular complexity index is 978. The molecule has 6 heteroatoms. The fourth-order valence-corrected chi connectivity index (χ4v) is 4.19. The highest BCUT2D eigenvalue weighted by atomic mass is 35.5. The molecule has 1 aromatic heterocycles. The number of rotatable bonds is 6. The van der Waals surface area contributed by atoms with E-state index in [-0.39, 0.29) is 11.9 Å². The molecule has 4 nitrogen and oxygen atoms in total. The zero-order valence-corrected chi connectivity index (χ0v) is 17.4. The minimum atomic E-state index is -0.0265. The third-order valence-electron chi connectivity index (χ3n) is 4.76. The first-order valence-corrected chi connectivity index (χ1v) is 10.6. The molecule has 0 spiro atoms. The molecule has 0 bridgehead atoms. The molecule has 1 fully saturated rings. The van der Waals surface area contributed by atoms with Crippen molar-refractivity contribution in [3.8, 4) is 11.3 Å². The molecule has 0 aliphatic heterocycles. The highest BCUT2D eigenvalue weighted by molar-refractivity contribution is 7.99. The summed E-state index contributed by atoms with van der Waals surface area (Å²) in [6, 6.07) is 16.7. The molecule has 144 valence electrons. The van der Waals surface area contributed by atoms with Crippen LogP contribution in [0.5, 0.6) is 0 Å². The predicted molar refractivity (Wildman–Crippen MR) is 114 cm³/mol. The minimum absolute atomic E-state index is 0.0153. The monoisotopic (exact) mass is 411 g/mol. The van der Waals surface area contributed by atoms with Gasteiger partial charge in [0.05, 0.1) is 17.0 Å². The molecular weight excluding hydrogens is 390 g/mol. The number of carbonyl (C=O) groups excluding carboxylic acids is 1. The van der Waals surface area contributed by atoms with E-state index in [0.717, 1.165) is 31.6 Å². The van der Waals surface area contributed by atoms with Gasteiger partial charge in [-0.05, 0) is 49.6 Å². The lowest BCUT2D eigenvalue weighted by Gasteiger charge is -2.13. The Balaban J connectivity index is 1.62. The topological polar surface area (TPSA) is 46.9 Å². The van der Waals surface area contributed by atoms with E-state index in [1.807, 2.05) is 31.2 Å². The van der Waals surface area contributed by atoms with Gasteiger partial charge in [-0.25, -0.2) is 0 Å². The summed E-state index contributed by atoms with van der Waals surface area (Å²) in [5.41, 5.74) is 3.15. The molecule has 28 heavy (non-hydrogen) atoms. The molecule has 1 N–H and O–H groups in total. The van der Waals surface area contributed by atoms with E-state index in [9.17, 15) is 4.79 Å². The molecule has 3 aromatic rings. The lowest BCUT2D eigenvalue weighted by molar-refractivity contribution is -0.119. The van der Waals surface area contributed by atoms with E-state index >= 15 is 0 Å². The smallest absolute Gasteiger partial charge is 0.217 e. The lowest BCUT2D eigenvalue weighted by atomic mass is 10.0. The fraction of sp³-hybridized carbons (Fsp3) is 0.273. The summed E-state index contributed by atoms with van der Waals surface area (Å²) in [6.07, 6.45) is 4.54. The van der Waals surface area contributed by atoms with E-state index in [0.29, 0.717) is 6.04 Å². The number of benzene rings is 2. The van der Waals surface area contributed by atoms with Gasteiger partial charge in [0.25, 0.3) is 0 Å². The molecule has 1 amide bonds. The van der Waals surface area contributed by atoms with Crippen LogP contribution in [0.15, 0.2) is 64.5 Å². The van der Waals surface area contributed by atoms with Crippen LogP contribution in [0.1, 0.15) is 44.3 Å². The van der Waals surface area contributed by atoms with Crippen LogP contribution in [-0.4, -0.2) is 15.7 Å². The van der Waals surface area contributed by atoms with Gasteiger partial charge in [-0.1, -0.05) is 47.6 Å². The predicted octanol–water partition coefficient (Wildman–Crippen LogP) is 5.89. The third kappa shape index (κ3) is 4.42. The van der Waals surface area contributed by atoms with Crippen LogP contribution < -0.4 is 5.32 Å². The summed E-state index contributed by atoms with van der Waals surface area (Å²) in [5, 5.41) is 8.54. The summed E-state index contributed by atoms with van der Waals surface area (Å²) in [5.74, 6) is -0.0265. The maximum atomic E-state index is 11.3. The van der Waals surface area contributed by atoms with Crippen molar-refractivity contribution in [2.75, 3.05) is 0 Å². The molecule has 2 aromatic carbocycles. The Hall–Kier alpha value is -2.24. The van der Waals surface area contributed by atoms with Crippen molar-refractivity contribution in [1.82, 2.24) is 15.1 Å². The van der Waals surface area contributed by atoms with Crippen molar-refractivity contribution in [3.63, 3.8) is 0 Å². The Kier molecular flexibility index (Phi) is 5.47. The second kappa shape index (κ2) is 8.02. The van der Waals surface area contributed by atoms with Crippen LogP contribution >= 0.6 is 23.4 Å². The normalized spacial score (nSPS) is 14.7. The number of hydrogen-bond donors (Lipinski definition) is 1. The van der Waals surface area contributed by atoms with Crippen LogP contribution in [0.2, 0.25) is 5.02 Å². The number of amides is 1. The van der Waals surface area contributed by atoms with Gasteiger partial charge < -0.3 is 5.32 Å². The first kappa shape index (κ1) is 19.1. The van der Waals surface area contributed by atoms with E-state index in [1.54, 1.807) is 11.8 Å². The molecule has 1 atom stereocenters.